The van der Waals surface area contributed by atoms with Gasteiger partial charge in [-0.05, 0) is 61.9 Å². The van der Waals surface area contributed by atoms with E-state index in [1.54, 1.807) is 6.20 Å². The number of fused-ring (bicyclic) bond motifs is 5. The maximum absolute atomic E-state index is 8.89. The predicted molar refractivity (Wildman–Crippen MR) is 165 cm³/mol. The van der Waals surface area contributed by atoms with E-state index >= 15 is 0 Å². The van der Waals surface area contributed by atoms with Gasteiger partial charge in [0.15, 0.2) is 0 Å². The van der Waals surface area contributed by atoms with Crippen LogP contribution in [0.15, 0.2) is 81.5 Å². The molecule has 5 N–H and O–H groups in total. The number of aliphatic carboxylic acids is 1. The molecule has 13 heteroatoms. The number of benzene rings is 2. The van der Waals surface area contributed by atoms with Gasteiger partial charge in [0, 0.05) is 61.5 Å². The van der Waals surface area contributed by atoms with Gasteiger partial charge < -0.3 is 45.7 Å². The summed E-state index contributed by atoms with van der Waals surface area (Å²) in [6.07, 6.45) is 2.35. The van der Waals surface area contributed by atoms with Crippen molar-refractivity contribution in [3.8, 4) is 11.3 Å². The third-order valence-electron chi connectivity index (χ3n) is 4.98. The Labute approximate surface area is 264 Å². The summed E-state index contributed by atoms with van der Waals surface area (Å²) >= 11 is 3.59. The van der Waals surface area contributed by atoms with Crippen molar-refractivity contribution in [1.29, 1.82) is 0 Å². The maximum Gasteiger partial charge on any atom is 2.00 e. The van der Waals surface area contributed by atoms with Crippen LogP contribution in [-0.2, 0) is 28.3 Å². The average molecular weight is 694 g/mol. The molecule has 0 atom stereocenters. The van der Waals surface area contributed by atoms with Crippen molar-refractivity contribution in [2.75, 3.05) is 28.4 Å². The van der Waals surface area contributed by atoms with Crippen LogP contribution < -0.4 is 5.11 Å². The Morgan fingerprint density at radius 2 is 1.55 bits per heavy atom. The van der Waals surface area contributed by atoms with Crippen LogP contribution in [0.2, 0.25) is 0 Å². The van der Waals surface area contributed by atoms with Crippen LogP contribution in [0.5, 0.6) is 0 Å². The minimum Gasteiger partial charge on any atom is -0.550 e. The molecular weight excluding hydrogens is 658 g/mol. The Morgan fingerprint density at radius 3 is 2.14 bits per heavy atom. The minimum atomic E-state index is -1.08. The summed E-state index contributed by atoms with van der Waals surface area (Å²) in [7, 11) is 4.00. The van der Waals surface area contributed by atoms with Gasteiger partial charge in [0.1, 0.15) is 0 Å². The molecular formula is C29H36BrCuN5O6. The molecule has 1 aliphatic rings. The number of aromatic nitrogens is 2. The average Bonchev–Trinajstić information content (AvgIpc) is 3.28. The summed E-state index contributed by atoms with van der Waals surface area (Å²) in [6.45, 7) is 2.88. The molecule has 5 rings (SSSR count). The van der Waals surface area contributed by atoms with Crippen molar-refractivity contribution < 1.29 is 47.4 Å². The standard InChI is InChI=1S/C23H17BrN5.C2H4O2.4CH4O.Cu/c1-14(19-7-4-5-11-25-19)28-29-22-13-18-17-12-15(24)9-10-21(17)27-23(18)16-6-2-3-8-20(16)26-22;1-2(3)4;4*1-2;/h2-12,27H,13H2,1H3;1H3,(H,3,4);4*2H,1H3;/q-1;;;;;;+2/p-1/b28-14+;;;;;;. The predicted octanol–water partition coefficient (Wildman–Crippen LogP) is 3.56. The summed E-state index contributed by atoms with van der Waals surface area (Å²) in [5, 5.41) is 51.8. The topological polar surface area (TPSA) is 189 Å². The number of rotatable bonds is 2. The number of carboxylic acid groups (broad SMARTS) is 1. The Hall–Kier alpha value is -3.42. The first kappa shape index (κ1) is 40.7. The molecule has 11 nitrogen and oxygen atoms in total. The fourth-order valence-electron chi connectivity index (χ4n) is 3.57. The fraction of sp³-hybridized carbons (Fsp3) is 0.241. The van der Waals surface area contributed by atoms with Crippen LogP contribution in [0.3, 0.4) is 0 Å². The fourth-order valence-corrected chi connectivity index (χ4v) is 3.93. The molecule has 231 valence electrons. The number of amidine groups is 1. The zero-order valence-corrected chi connectivity index (χ0v) is 26.7. The monoisotopic (exact) mass is 692 g/mol. The van der Waals surface area contributed by atoms with E-state index in [2.05, 4.69) is 54.3 Å². The number of nitrogens with zero attached hydrogens (tertiary/aromatic N) is 4. The number of nitrogens with one attached hydrogen (secondary N) is 1. The molecule has 0 bridgehead atoms. The molecule has 0 spiro atoms. The van der Waals surface area contributed by atoms with Gasteiger partial charge in [0.05, 0.1) is 17.1 Å². The van der Waals surface area contributed by atoms with Crippen LogP contribution in [0, 0.1) is 0 Å². The van der Waals surface area contributed by atoms with E-state index in [9.17, 15) is 0 Å². The number of para-hydroxylation sites is 1. The Kier molecular flexibility index (Phi) is 22.5. The van der Waals surface area contributed by atoms with E-state index in [1.165, 1.54) is 10.9 Å². The molecule has 42 heavy (non-hydrogen) atoms. The summed E-state index contributed by atoms with van der Waals surface area (Å²) in [5.74, 6) is -0.410. The van der Waals surface area contributed by atoms with Crippen LogP contribution >= 0.6 is 15.9 Å². The number of carboxylic acids is 1. The summed E-state index contributed by atoms with van der Waals surface area (Å²) in [4.78, 5) is 16.8. The van der Waals surface area contributed by atoms with Crippen LogP contribution in [0.25, 0.3) is 27.5 Å². The largest absolute Gasteiger partial charge is 2.00 e. The van der Waals surface area contributed by atoms with E-state index in [4.69, 9.17) is 35.6 Å². The van der Waals surface area contributed by atoms with E-state index < -0.39 is 5.97 Å². The van der Waals surface area contributed by atoms with Crippen molar-refractivity contribution in [2.45, 2.75) is 20.3 Å². The molecule has 1 aliphatic heterocycles. The van der Waals surface area contributed by atoms with Gasteiger partial charge in [0.2, 0.25) is 0 Å². The molecule has 2 aromatic carbocycles. The minimum absolute atomic E-state index is 0. The van der Waals surface area contributed by atoms with Gasteiger partial charge in [-0.2, -0.15) is 0 Å². The molecule has 0 saturated carbocycles. The third kappa shape index (κ3) is 12.2. The molecule has 2 aromatic heterocycles. The van der Waals surface area contributed by atoms with E-state index in [-0.39, 0.29) is 17.1 Å². The quantitative estimate of drug-likeness (QED) is 0.121. The smallest absolute Gasteiger partial charge is 0.550 e. The number of pyridine rings is 1. The van der Waals surface area contributed by atoms with Gasteiger partial charge in [-0.15, -0.1) is 0 Å². The number of carbonyl (C=O) groups excluding carboxylic acids is 1. The number of H-pyrrole nitrogens is 1. The second kappa shape index (κ2) is 23.2. The van der Waals surface area contributed by atoms with Gasteiger partial charge >= 0.3 is 17.1 Å². The number of aliphatic hydroxyl groups is 4. The van der Waals surface area contributed by atoms with Crippen molar-refractivity contribution in [3.05, 3.63) is 87.9 Å². The molecule has 0 saturated heterocycles. The first-order chi connectivity index (χ1) is 19.9. The Balaban J connectivity index is 0. The third-order valence-corrected chi connectivity index (χ3v) is 5.47. The molecule has 4 aromatic rings. The van der Waals surface area contributed by atoms with Crippen LogP contribution in [-0.4, -0.2) is 76.3 Å². The van der Waals surface area contributed by atoms with Gasteiger partial charge in [-0.3, -0.25) is 10.1 Å². The zero-order chi connectivity index (χ0) is 31.4. The van der Waals surface area contributed by atoms with Crippen molar-refractivity contribution in [3.63, 3.8) is 0 Å². The molecule has 0 fully saturated rings. The second-order valence-corrected chi connectivity index (χ2v) is 8.30. The number of carbonyl (C=O) groups is 1. The molecule has 0 unspecified atom stereocenters. The first-order valence-corrected chi connectivity index (χ1v) is 12.8. The van der Waals surface area contributed by atoms with E-state index in [0.717, 1.165) is 73.7 Å². The molecule has 1 radical (unpaired) electrons. The van der Waals surface area contributed by atoms with E-state index in [0.29, 0.717) is 12.3 Å². The Morgan fingerprint density at radius 1 is 0.952 bits per heavy atom. The number of aliphatic hydroxyl groups excluding tert-OH is 4. The van der Waals surface area contributed by atoms with Gasteiger partial charge in [0.25, 0.3) is 0 Å². The van der Waals surface area contributed by atoms with Crippen LogP contribution in [0.1, 0.15) is 25.1 Å². The molecule has 3 heterocycles. The van der Waals surface area contributed by atoms with E-state index in [1.807, 2.05) is 49.4 Å². The maximum atomic E-state index is 8.89. The Bertz CT molecular complexity index is 1390. The van der Waals surface area contributed by atoms with Crippen molar-refractivity contribution >= 4 is 50.0 Å². The summed E-state index contributed by atoms with van der Waals surface area (Å²) in [5.41, 5.74) is 6.90. The molecule has 0 aliphatic carbocycles. The van der Waals surface area contributed by atoms with Crippen molar-refractivity contribution in [2.24, 2.45) is 10.2 Å². The summed E-state index contributed by atoms with van der Waals surface area (Å²) < 4.78 is 1.05. The van der Waals surface area contributed by atoms with Crippen molar-refractivity contribution in [1.82, 2.24) is 9.97 Å². The molecule has 0 amide bonds. The second-order valence-electron chi connectivity index (χ2n) is 7.38. The van der Waals surface area contributed by atoms with Gasteiger partial charge in [-0.25, -0.2) is 0 Å². The number of hydrogen-bond acceptors (Lipinski definition) is 9. The normalized spacial score (nSPS) is 11.5. The first-order valence-electron chi connectivity index (χ1n) is 12.0. The summed E-state index contributed by atoms with van der Waals surface area (Å²) in [6, 6.07) is 20.2. The number of hydrogen-bond donors (Lipinski definition) is 5. The number of aromatic amines is 1. The van der Waals surface area contributed by atoms with Crippen LogP contribution in [0.4, 0.5) is 5.69 Å². The SMILES string of the molecule is C/C(=N\N=C1\Cc2c([nH]c3ccc(Br)cc23)-c2ccccc2[N-]1)c1ccccn1.CC(=O)[O-].CO.CO.CO.CO.[Cu+2]. The van der Waals surface area contributed by atoms with Gasteiger partial charge in [-0.1, -0.05) is 52.1 Å². The zero-order valence-electron chi connectivity index (χ0n) is 24.1. The number of halogens is 1.